The monoisotopic (exact) mass is 321 g/mol. The van der Waals surface area contributed by atoms with E-state index in [9.17, 15) is 0 Å². The molecule has 0 spiro atoms. The molecule has 2 aromatic rings. The largest absolute Gasteiger partial charge is 0.334 e. The molecule has 3 atom stereocenters. The molecule has 1 fully saturated rings. The van der Waals surface area contributed by atoms with Crippen molar-refractivity contribution in [3.63, 3.8) is 0 Å². The van der Waals surface area contributed by atoms with E-state index >= 15 is 0 Å². The Kier molecular flexibility index (Phi) is 4.57. The van der Waals surface area contributed by atoms with Crippen molar-refractivity contribution in [3.05, 3.63) is 35.7 Å². The van der Waals surface area contributed by atoms with Crippen LogP contribution in [0.5, 0.6) is 0 Å². The van der Waals surface area contributed by atoms with Gasteiger partial charge in [-0.1, -0.05) is 31.1 Å². The summed E-state index contributed by atoms with van der Waals surface area (Å²) in [4.78, 5) is 4.58. The predicted molar refractivity (Wildman–Crippen MR) is 89.3 cm³/mol. The predicted octanol–water partition coefficient (Wildman–Crippen LogP) is 3.49. The maximum Gasteiger partial charge on any atom is 0.257 e. The quantitative estimate of drug-likeness (QED) is 0.933. The fourth-order valence-electron chi connectivity index (χ4n) is 2.19. The molecule has 4 nitrogen and oxygen atoms in total. The van der Waals surface area contributed by atoms with Crippen molar-refractivity contribution in [2.45, 2.75) is 36.1 Å². The lowest BCUT2D eigenvalue weighted by atomic mass is 10.1. The summed E-state index contributed by atoms with van der Waals surface area (Å²) >= 11 is 3.92. The summed E-state index contributed by atoms with van der Waals surface area (Å²) in [6, 6.07) is 7.95. The van der Waals surface area contributed by atoms with Gasteiger partial charge < -0.3 is 10.3 Å². The highest BCUT2D eigenvalue weighted by atomic mass is 32.2. The molecule has 0 amide bonds. The number of benzene rings is 1. The number of nitrogens with zero attached hydrogens (tertiary/aromatic N) is 2. The molecular formula is C15H19N3OS2. The van der Waals surface area contributed by atoms with E-state index in [0.29, 0.717) is 28.2 Å². The van der Waals surface area contributed by atoms with Gasteiger partial charge in [0.2, 0.25) is 0 Å². The van der Waals surface area contributed by atoms with E-state index in [0.717, 1.165) is 22.7 Å². The number of hydrogen-bond donors (Lipinski definition) is 1. The fraction of sp³-hybridized carbons (Fsp3) is 0.467. The Labute approximate surface area is 133 Å². The molecule has 1 aromatic heterocycles. The Morgan fingerprint density at radius 3 is 2.67 bits per heavy atom. The molecule has 0 aliphatic carbocycles. The molecule has 2 N–H and O–H groups in total. The van der Waals surface area contributed by atoms with Gasteiger partial charge in [-0.05, 0) is 17.7 Å². The molecule has 2 heterocycles. The highest BCUT2D eigenvalue weighted by Crippen LogP contribution is 2.43. The average Bonchev–Trinajstić information content (AvgIpc) is 3.00. The van der Waals surface area contributed by atoms with Crippen molar-refractivity contribution in [1.82, 2.24) is 10.1 Å². The molecule has 6 heteroatoms. The van der Waals surface area contributed by atoms with Gasteiger partial charge in [0.1, 0.15) is 0 Å². The molecule has 1 saturated heterocycles. The number of nitrogens with two attached hydrogens (primary N) is 1. The molecule has 3 unspecified atom stereocenters. The van der Waals surface area contributed by atoms with Crippen molar-refractivity contribution < 1.29 is 4.52 Å². The normalized spacial score (nSPS) is 26.0. The Morgan fingerprint density at radius 1 is 1.24 bits per heavy atom. The zero-order valence-electron chi connectivity index (χ0n) is 12.2. The average molecular weight is 321 g/mol. The summed E-state index contributed by atoms with van der Waals surface area (Å²) in [5, 5.41) is 5.79. The van der Waals surface area contributed by atoms with Crippen molar-refractivity contribution in [2.24, 2.45) is 5.73 Å². The van der Waals surface area contributed by atoms with Crippen molar-refractivity contribution in [1.29, 1.82) is 0 Å². The molecule has 1 aliphatic rings. The number of rotatable bonds is 3. The summed E-state index contributed by atoms with van der Waals surface area (Å²) in [5.74, 6) is 2.44. The standard InChI is InChI=1S/C15H19N3OS2/c1-9-10(2)21-13(8-20-9)14-17-15(19-18-14)12-5-3-11(7-16)4-6-12/h3-6,9-10,13H,7-8,16H2,1-2H3. The SMILES string of the molecule is CC1SCC(c2noc(-c3ccc(CN)cc3)n2)SC1C. The summed E-state index contributed by atoms with van der Waals surface area (Å²) in [6.07, 6.45) is 0. The van der Waals surface area contributed by atoms with Gasteiger partial charge in [-0.25, -0.2) is 0 Å². The first kappa shape index (κ1) is 14.9. The minimum Gasteiger partial charge on any atom is -0.334 e. The van der Waals surface area contributed by atoms with Crippen molar-refractivity contribution >= 4 is 23.5 Å². The van der Waals surface area contributed by atoms with Gasteiger partial charge >= 0.3 is 0 Å². The van der Waals surface area contributed by atoms with E-state index in [1.54, 1.807) is 0 Å². The molecule has 0 saturated carbocycles. The smallest absolute Gasteiger partial charge is 0.257 e. The molecule has 0 bridgehead atoms. The van der Waals surface area contributed by atoms with Gasteiger partial charge in [-0.2, -0.15) is 16.7 Å². The van der Waals surface area contributed by atoms with E-state index in [1.165, 1.54) is 0 Å². The van der Waals surface area contributed by atoms with E-state index < -0.39 is 0 Å². The van der Waals surface area contributed by atoms with Crippen LogP contribution in [0.4, 0.5) is 0 Å². The molecule has 21 heavy (non-hydrogen) atoms. The van der Waals surface area contributed by atoms with Crippen LogP contribution in [0.25, 0.3) is 11.5 Å². The van der Waals surface area contributed by atoms with Crippen molar-refractivity contribution in [2.75, 3.05) is 5.75 Å². The highest BCUT2D eigenvalue weighted by molar-refractivity contribution is 8.07. The number of thioether (sulfide) groups is 2. The second-order valence-corrected chi connectivity index (χ2v) is 8.22. The third kappa shape index (κ3) is 3.27. The van der Waals surface area contributed by atoms with Crippen LogP contribution in [0.2, 0.25) is 0 Å². The maximum absolute atomic E-state index is 5.61. The van der Waals surface area contributed by atoms with Gasteiger partial charge in [0.05, 0.1) is 5.25 Å². The Morgan fingerprint density at radius 2 is 2.00 bits per heavy atom. The Bertz CT molecular complexity index is 599. The number of aromatic nitrogens is 2. The van der Waals surface area contributed by atoms with E-state index in [1.807, 2.05) is 47.8 Å². The Balaban J connectivity index is 1.76. The molecule has 1 aliphatic heterocycles. The highest BCUT2D eigenvalue weighted by Gasteiger charge is 2.29. The fourth-order valence-corrected chi connectivity index (χ4v) is 5.02. The topological polar surface area (TPSA) is 64.9 Å². The van der Waals surface area contributed by atoms with Gasteiger partial charge in [0, 0.05) is 28.4 Å². The van der Waals surface area contributed by atoms with Gasteiger partial charge in [0.15, 0.2) is 5.82 Å². The van der Waals surface area contributed by atoms with Gasteiger partial charge in [0.25, 0.3) is 5.89 Å². The first-order valence-corrected chi connectivity index (χ1v) is 9.06. The third-order valence-corrected chi connectivity index (χ3v) is 7.10. The van der Waals surface area contributed by atoms with Gasteiger partial charge in [-0.15, -0.1) is 11.8 Å². The molecule has 1 aromatic carbocycles. The second-order valence-electron chi connectivity index (χ2n) is 5.23. The first-order valence-electron chi connectivity index (χ1n) is 7.07. The maximum atomic E-state index is 5.61. The molecule has 112 valence electrons. The zero-order valence-corrected chi connectivity index (χ0v) is 13.8. The van der Waals surface area contributed by atoms with Crippen LogP contribution in [-0.4, -0.2) is 26.4 Å². The molecular weight excluding hydrogens is 302 g/mol. The number of hydrogen-bond acceptors (Lipinski definition) is 6. The minimum absolute atomic E-state index is 0.321. The van der Waals surface area contributed by atoms with E-state index in [-0.39, 0.29) is 0 Å². The molecule has 3 rings (SSSR count). The van der Waals surface area contributed by atoms with E-state index in [4.69, 9.17) is 10.3 Å². The lowest BCUT2D eigenvalue weighted by molar-refractivity contribution is 0.423. The zero-order chi connectivity index (χ0) is 14.8. The van der Waals surface area contributed by atoms with Crippen LogP contribution in [0.1, 0.15) is 30.5 Å². The molecule has 0 radical (unpaired) electrons. The van der Waals surface area contributed by atoms with Gasteiger partial charge in [-0.3, -0.25) is 0 Å². The summed E-state index contributed by atoms with van der Waals surface area (Å²) in [6.45, 7) is 5.08. The van der Waals surface area contributed by atoms with Crippen LogP contribution in [0.15, 0.2) is 28.8 Å². The summed E-state index contributed by atoms with van der Waals surface area (Å²) < 4.78 is 5.42. The third-order valence-electron chi connectivity index (χ3n) is 3.72. The van der Waals surface area contributed by atoms with Crippen LogP contribution < -0.4 is 5.73 Å². The lowest BCUT2D eigenvalue weighted by Crippen LogP contribution is -2.22. The second kappa shape index (κ2) is 6.42. The van der Waals surface area contributed by atoms with Crippen LogP contribution in [0, 0.1) is 0 Å². The van der Waals surface area contributed by atoms with E-state index in [2.05, 4.69) is 24.0 Å². The van der Waals surface area contributed by atoms with Crippen LogP contribution >= 0.6 is 23.5 Å². The Hall–Kier alpha value is -0.980. The lowest BCUT2D eigenvalue weighted by Gasteiger charge is -2.29. The summed E-state index contributed by atoms with van der Waals surface area (Å²) in [7, 11) is 0. The first-order chi connectivity index (χ1) is 10.2. The van der Waals surface area contributed by atoms with Crippen LogP contribution in [0.3, 0.4) is 0 Å². The minimum atomic E-state index is 0.321. The van der Waals surface area contributed by atoms with Crippen molar-refractivity contribution in [3.8, 4) is 11.5 Å². The summed E-state index contributed by atoms with van der Waals surface area (Å²) in [5.41, 5.74) is 7.65. The van der Waals surface area contributed by atoms with Crippen LogP contribution in [-0.2, 0) is 6.54 Å².